The predicted molar refractivity (Wildman–Crippen MR) is 75.8 cm³/mol. The van der Waals surface area contributed by atoms with Crippen molar-refractivity contribution in [2.24, 2.45) is 0 Å². The topological polar surface area (TPSA) is 79.5 Å². The molecular weight excluding hydrogens is 258 g/mol. The first-order chi connectivity index (χ1) is 9.61. The van der Waals surface area contributed by atoms with E-state index in [1.807, 2.05) is 13.0 Å². The lowest BCUT2D eigenvalue weighted by atomic mass is 10.1. The van der Waals surface area contributed by atoms with Crippen molar-refractivity contribution in [3.63, 3.8) is 0 Å². The van der Waals surface area contributed by atoms with E-state index in [0.717, 1.165) is 5.56 Å². The zero-order valence-corrected chi connectivity index (χ0v) is 11.7. The SMILES string of the molecule is CNC(=O)c1ccc(C)c(NC(=O)C2COCCN2)c1. The van der Waals surface area contributed by atoms with Gasteiger partial charge in [-0.15, -0.1) is 0 Å². The Balaban J connectivity index is 2.11. The maximum absolute atomic E-state index is 12.1. The molecule has 1 aliphatic rings. The number of morpholine rings is 1. The second-order valence-corrected chi connectivity index (χ2v) is 4.68. The number of ether oxygens (including phenoxy) is 1. The molecule has 1 fully saturated rings. The van der Waals surface area contributed by atoms with E-state index in [1.54, 1.807) is 19.2 Å². The van der Waals surface area contributed by atoms with Crippen LogP contribution in [0.3, 0.4) is 0 Å². The van der Waals surface area contributed by atoms with Crippen molar-refractivity contribution in [1.29, 1.82) is 0 Å². The molecule has 1 aromatic carbocycles. The fourth-order valence-corrected chi connectivity index (χ4v) is 2.00. The number of carbonyl (C=O) groups excluding carboxylic acids is 2. The van der Waals surface area contributed by atoms with E-state index in [1.165, 1.54) is 0 Å². The van der Waals surface area contributed by atoms with Crippen LogP contribution in [-0.2, 0) is 9.53 Å². The molecule has 0 aromatic heterocycles. The maximum atomic E-state index is 12.1. The van der Waals surface area contributed by atoms with Crippen molar-refractivity contribution in [2.75, 3.05) is 32.1 Å². The van der Waals surface area contributed by atoms with Gasteiger partial charge in [0.2, 0.25) is 5.91 Å². The van der Waals surface area contributed by atoms with Crippen LogP contribution in [0.1, 0.15) is 15.9 Å². The van der Waals surface area contributed by atoms with Gasteiger partial charge in [0.25, 0.3) is 5.91 Å². The number of benzene rings is 1. The Kier molecular flexibility index (Phi) is 4.70. The summed E-state index contributed by atoms with van der Waals surface area (Å²) in [4.78, 5) is 23.7. The molecule has 108 valence electrons. The van der Waals surface area contributed by atoms with Gasteiger partial charge in [-0.2, -0.15) is 0 Å². The number of hydrogen-bond donors (Lipinski definition) is 3. The minimum atomic E-state index is -0.355. The summed E-state index contributed by atoms with van der Waals surface area (Å²) in [5, 5.41) is 8.49. The van der Waals surface area contributed by atoms with E-state index < -0.39 is 0 Å². The van der Waals surface area contributed by atoms with E-state index >= 15 is 0 Å². The van der Waals surface area contributed by atoms with Gasteiger partial charge in [0, 0.05) is 24.8 Å². The first-order valence-corrected chi connectivity index (χ1v) is 6.56. The lowest BCUT2D eigenvalue weighted by molar-refractivity contribution is -0.120. The number of amides is 2. The third kappa shape index (κ3) is 3.34. The minimum absolute atomic E-state index is 0.151. The molecule has 1 aromatic rings. The van der Waals surface area contributed by atoms with Gasteiger partial charge in [0.05, 0.1) is 13.2 Å². The zero-order chi connectivity index (χ0) is 14.5. The lowest BCUT2D eigenvalue weighted by Crippen LogP contribution is -2.48. The third-order valence-electron chi connectivity index (χ3n) is 3.22. The Morgan fingerprint density at radius 2 is 2.20 bits per heavy atom. The summed E-state index contributed by atoms with van der Waals surface area (Å²) in [6.45, 7) is 3.53. The van der Waals surface area contributed by atoms with Gasteiger partial charge < -0.3 is 20.7 Å². The molecule has 1 atom stereocenters. The van der Waals surface area contributed by atoms with Crippen LogP contribution in [0.15, 0.2) is 18.2 Å². The summed E-state index contributed by atoms with van der Waals surface area (Å²) in [6.07, 6.45) is 0. The number of aryl methyl sites for hydroxylation is 1. The van der Waals surface area contributed by atoms with E-state index in [2.05, 4.69) is 16.0 Å². The second-order valence-electron chi connectivity index (χ2n) is 4.68. The van der Waals surface area contributed by atoms with Crippen LogP contribution in [-0.4, -0.2) is 44.7 Å². The van der Waals surface area contributed by atoms with Gasteiger partial charge >= 0.3 is 0 Å². The number of anilines is 1. The van der Waals surface area contributed by atoms with Crippen molar-refractivity contribution in [2.45, 2.75) is 13.0 Å². The monoisotopic (exact) mass is 277 g/mol. The quantitative estimate of drug-likeness (QED) is 0.741. The Morgan fingerprint density at radius 3 is 2.85 bits per heavy atom. The van der Waals surface area contributed by atoms with Crippen LogP contribution in [0.4, 0.5) is 5.69 Å². The molecule has 1 saturated heterocycles. The van der Waals surface area contributed by atoms with Crippen LogP contribution in [0.5, 0.6) is 0 Å². The fourth-order valence-electron chi connectivity index (χ4n) is 2.00. The van der Waals surface area contributed by atoms with Crippen LogP contribution < -0.4 is 16.0 Å². The summed E-state index contributed by atoms with van der Waals surface area (Å²) in [6, 6.07) is 4.86. The average Bonchev–Trinajstić information content (AvgIpc) is 2.49. The summed E-state index contributed by atoms with van der Waals surface area (Å²) >= 11 is 0. The first-order valence-electron chi connectivity index (χ1n) is 6.56. The van der Waals surface area contributed by atoms with Gasteiger partial charge in [-0.05, 0) is 24.6 Å². The van der Waals surface area contributed by atoms with Crippen molar-refractivity contribution in [1.82, 2.24) is 10.6 Å². The van der Waals surface area contributed by atoms with Gasteiger partial charge in [0.15, 0.2) is 0 Å². The van der Waals surface area contributed by atoms with E-state index in [4.69, 9.17) is 4.74 Å². The summed E-state index contributed by atoms with van der Waals surface area (Å²) in [5.74, 6) is -0.332. The Hall–Kier alpha value is -1.92. The molecule has 1 aliphatic heterocycles. The molecule has 0 saturated carbocycles. The lowest BCUT2D eigenvalue weighted by Gasteiger charge is -2.23. The van der Waals surface area contributed by atoms with Crippen LogP contribution >= 0.6 is 0 Å². The number of hydrogen-bond acceptors (Lipinski definition) is 4. The molecular formula is C14H19N3O3. The van der Waals surface area contributed by atoms with Gasteiger partial charge in [0.1, 0.15) is 6.04 Å². The number of nitrogens with one attached hydrogen (secondary N) is 3. The Labute approximate surface area is 117 Å². The molecule has 2 amide bonds. The summed E-state index contributed by atoms with van der Waals surface area (Å²) in [5.41, 5.74) is 2.06. The minimum Gasteiger partial charge on any atom is -0.378 e. The molecule has 0 spiro atoms. The number of carbonyl (C=O) groups is 2. The highest BCUT2D eigenvalue weighted by Gasteiger charge is 2.21. The van der Waals surface area contributed by atoms with Crippen molar-refractivity contribution < 1.29 is 14.3 Å². The summed E-state index contributed by atoms with van der Waals surface area (Å²) < 4.78 is 5.26. The van der Waals surface area contributed by atoms with Gasteiger partial charge in [-0.3, -0.25) is 9.59 Å². The normalized spacial score (nSPS) is 18.4. The highest BCUT2D eigenvalue weighted by Crippen LogP contribution is 2.17. The standard InChI is InChI=1S/C14H19N3O3/c1-9-3-4-10(13(18)15-2)7-11(9)17-14(19)12-8-20-6-5-16-12/h3-4,7,12,16H,5-6,8H2,1-2H3,(H,15,18)(H,17,19). The van der Waals surface area contributed by atoms with Crippen molar-refractivity contribution in [3.05, 3.63) is 29.3 Å². The summed E-state index contributed by atoms with van der Waals surface area (Å²) in [7, 11) is 1.57. The molecule has 0 aliphatic carbocycles. The van der Waals surface area contributed by atoms with Crippen molar-refractivity contribution in [3.8, 4) is 0 Å². The highest BCUT2D eigenvalue weighted by atomic mass is 16.5. The fraction of sp³-hybridized carbons (Fsp3) is 0.429. The zero-order valence-electron chi connectivity index (χ0n) is 11.7. The Bertz CT molecular complexity index is 510. The second kappa shape index (κ2) is 6.49. The molecule has 20 heavy (non-hydrogen) atoms. The van der Waals surface area contributed by atoms with Gasteiger partial charge in [-0.1, -0.05) is 6.07 Å². The molecule has 1 unspecified atom stereocenters. The van der Waals surface area contributed by atoms with E-state index in [-0.39, 0.29) is 17.9 Å². The molecule has 0 radical (unpaired) electrons. The predicted octanol–water partition coefficient (Wildman–Crippen LogP) is 0.282. The van der Waals surface area contributed by atoms with Gasteiger partial charge in [-0.25, -0.2) is 0 Å². The molecule has 3 N–H and O–H groups in total. The Morgan fingerprint density at radius 1 is 1.40 bits per heavy atom. The van der Waals surface area contributed by atoms with E-state index in [0.29, 0.717) is 31.0 Å². The van der Waals surface area contributed by atoms with Crippen LogP contribution in [0, 0.1) is 6.92 Å². The van der Waals surface area contributed by atoms with Crippen LogP contribution in [0.2, 0.25) is 0 Å². The molecule has 6 nitrogen and oxygen atoms in total. The molecule has 2 rings (SSSR count). The number of rotatable bonds is 3. The maximum Gasteiger partial charge on any atom is 0.251 e. The van der Waals surface area contributed by atoms with E-state index in [9.17, 15) is 9.59 Å². The van der Waals surface area contributed by atoms with Crippen LogP contribution in [0.25, 0.3) is 0 Å². The first kappa shape index (κ1) is 14.5. The molecule has 0 bridgehead atoms. The highest BCUT2D eigenvalue weighted by molar-refractivity contribution is 5.99. The average molecular weight is 277 g/mol. The third-order valence-corrected chi connectivity index (χ3v) is 3.22. The van der Waals surface area contributed by atoms with Crippen molar-refractivity contribution >= 4 is 17.5 Å². The molecule has 6 heteroatoms. The smallest absolute Gasteiger partial charge is 0.251 e. The largest absolute Gasteiger partial charge is 0.378 e. The molecule has 1 heterocycles.